The number of nitrogens with zero attached hydrogens (tertiary/aromatic N) is 2. The van der Waals surface area contributed by atoms with E-state index >= 15 is 0 Å². The van der Waals surface area contributed by atoms with E-state index in [1.165, 1.54) is 18.2 Å². The lowest BCUT2D eigenvalue weighted by Gasteiger charge is -2.21. The molecule has 0 unspecified atom stereocenters. The van der Waals surface area contributed by atoms with Crippen LogP contribution in [0.15, 0.2) is 9.64 Å². The fourth-order valence-electron chi connectivity index (χ4n) is 2.76. The number of hydrogen-bond acceptors (Lipinski definition) is 7. The van der Waals surface area contributed by atoms with Crippen molar-refractivity contribution in [1.29, 1.82) is 0 Å². The molecule has 8 heteroatoms. The van der Waals surface area contributed by atoms with Gasteiger partial charge in [0.05, 0.1) is 17.6 Å². The van der Waals surface area contributed by atoms with Crippen molar-refractivity contribution in [2.45, 2.75) is 43.4 Å². The summed E-state index contributed by atoms with van der Waals surface area (Å²) in [6.07, 6.45) is 5.00. The molecule has 0 amide bonds. The smallest absolute Gasteiger partial charge is 0.276 e. The van der Waals surface area contributed by atoms with Gasteiger partial charge in [0.1, 0.15) is 0 Å². The minimum Gasteiger partial charge on any atom is -0.416 e. The summed E-state index contributed by atoms with van der Waals surface area (Å²) in [5.74, 6) is 2.03. The molecule has 0 aromatic carbocycles. The Balaban J connectivity index is 1.47. The largest absolute Gasteiger partial charge is 0.416 e. The van der Waals surface area contributed by atoms with Crippen LogP contribution in [0.4, 0.5) is 0 Å². The minimum absolute atomic E-state index is 0.120. The molecule has 2 atom stereocenters. The highest BCUT2D eigenvalue weighted by atomic mass is 32.2. The number of rotatable bonds is 5. The molecule has 2 aliphatic heterocycles. The fraction of sp³-hybridized carbons (Fsp3) is 0.846. The summed E-state index contributed by atoms with van der Waals surface area (Å²) in [5.41, 5.74) is 0. The third-order valence-corrected chi connectivity index (χ3v) is 6.69. The molecular weight excluding hydrogens is 312 g/mol. The van der Waals surface area contributed by atoms with E-state index in [9.17, 15) is 8.42 Å². The summed E-state index contributed by atoms with van der Waals surface area (Å²) in [4.78, 5) is 0. The summed E-state index contributed by atoms with van der Waals surface area (Å²) in [6.45, 7) is 0.844. The molecule has 2 aliphatic rings. The van der Waals surface area contributed by atoms with E-state index in [0.717, 1.165) is 25.2 Å². The van der Waals surface area contributed by atoms with Crippen LogP contribution in [0.5, 0.6) is 0 Å². The Kier molecular flexibility index (Phi) is 4.85. The molecule has 0 radical (unpaired) electrons. The first-order chi connectivity index (χ1) is 10.1. The number of thioether (sulfide) groups is 1. The standard InChI is InChI=1S/C13H20N2O4S2/c16-21(17)6-4-10(9-21)7-12-14-15-13(19-12)20-8-11-3-1-2-5-18-11/h10-11H,1-9H2/t10-,11+/m1/s1. The Morgan fingerprint density at radius 2 is 2.14 bits per heavy atom. The van der Waals surface area contributed by atoms with Crippen molar-refractivity contribution in [3.05, 3.63) is 5.89 Å². The van der Waals surface area contributed by atoms with Gasteiger partial charge in [-0.25, -0.2) is 8.42 Å². The van der Waals surface area contributed by atoms with Crippen molar-refractivity contribution in [2.24, 2.45) is 5.92 Å². The second-order valence-electron chi connectivity index (χ2n) is 5.73. The second kappa shape index (κ2) is 6.66. The van der Waals surface area contributed by atoms with Gasteiger partial charge in [0.25, 0.3) is 5.22 Å². The molecule has 6 nitrogen and oxygen atoms in total. The third kappa shape index (κ3) is 4.43. The summed E-state index contributed by atoms with van der Waals surface area (Å²) < 4.78 is 34.1. The van der Waals surface area contributed by atoms with E-state index in [0.29, 0.717) is 24.0 Å². The lowest BCUT2D eigenvalue weighted by molar-refractivity contribution is 0.0314. The third-order valence-electron chi connectivity index (χ3n) is 3.91. The zero-order chi connectivity index (χ0) is 14.7. The van der Waals surface area contributed by atoms with Crippen LogP contribution in [0.25, 0.3) is 0 Å². The van der Waals surface area contributed by atoms with E-state index in [2.05, 4.69) is 10.2 Å². The van der Waals surface area contributed by atoms with E-state index in [1.807, 2.05) is 0 Å². The number of sulfone groups is 1. The van der Waals surface area contributed by atoms with Gasteiger partial charge in [-0.05, 0) is 31.6 Å². The van der Waals surface area contributed by atoms with Crippen LogP contribution < -0.4 is 0 Å². The maximum atomic E-state index is 11.4. The molecule has 2 fully saturated rings. The van der Waals surface area contributed by atoms with Crippen molar-refractivity contribution in [3.63, 3.8) is 0 Å². The Morgan fingerprint density at radius 3 is 2.86 bits per heavy atom. The van der Waals surface area contributed by atoms with Crippen LogP contribution in [-0.2, 0) is 21.0 Å². The molecule has 0 N–H and O–H groups in total. The summed E-state index contributed by atoms with van der Waals surface area (Å²) >= 11 is 1.52. The zero-order valence-corrected chi connectivity index (χ0v) is 13.5. The van der Waals surface area contributed by atoms with Crippen molar-refractivity contribution >= 4 is 21.6 Å². The minimum atomic E-state index is -2.85. The number of ether oxygens (including phenoxy) is 1. The topological polar surface area (TPSA) is 82.3 Å². The molecule has 0 bridgehead atoms. The Hall–Kier alpha value is -0.600. The quantitative estimate of drug-likeness (QED) is 0.759. The lowest BCUT2D eigenvalue weighted by atomic mass is 10.1. The molecule has 1 aromatic rings. The number of hydrogen-bond donors (Lipinski definition) is 0. The molecule has 0 spiro atoms. The van der Waals surface area contributed by atoms with Gasteiger partial charge < -0.3 is 9.15 Å². The van der Waals surface area contributed by atoms with Gasteiger partial charge in [-0.1, -0.05) is 11.8 Å². The van der Waals surface area contributed by atoms with Crippen LogP contribution >= 0.6 is 11.8 Å². The average Bonchev–Trinajstić information content (AvgIpc) is 3.04. The maximum Gasteiger partial charge on any atom is 0.276 e. The van der Waals surface area contributed by atoms with E-state index in [1.54, 1.807) is 0 Å². The highest BCUT2D eigenvalue weighted by Gasteiger charge is 2.29. The van der Waals surface area contributed by atoms with Crippen molar-refractivity contribution in [1.82, 2.24) is 10.2 Å². The molecule has 118 valence electrons. The predicted octanol–water partition coefficient (Wildman–Crippen LogP) is 1.71. The highest BCUT2D eigenvalue weighted by molar-refractivity contribution is 7.99. The first-order valence-corrected chi connectivity index (χ1v) is 10.2. The second-order valence-corrected chi connectivity index (χ2v) is 8.93. The van der Waals surface area contributed by atoms with Gasteiger partial charge in [0, 0.05) is 18.8 Å². The molecule has 0 aliphatic carbocycles. The van der Waals surface area contributed by atoms with Gasteiger partial charge in [0.15, 0.2) is 9.84 Å². The van der Waals surface area contributed by atoms with Gasteiger partial charge in [-0.15, -0.1) is 10.2 Å². The SMILES string of the molecule is O=S1(=O)CC[C@H](Cc2nnc(SC[C@@H]3CCCCO3)o2)C1. The Morgan fingerprint density at radius 1 is 1.24 bits per heavy atom. The van der Waals surface area contributed by atoms with Crippen LogP contribution in [0.3, 0.4) is 0 Å². The van der Waals surface area contributed by atoms with Gasteiger partial charge in [-0.3, -0.25) is 0 Å². The maximum absolute atomic E-state index is 11.4. The van der Waals surface area contributed by atoms with E-state index in [4.69, 9.17) is 9.15 Å². The molecular formula is C13H20N2O4S2. The fourth-order valence-corrected chi connectivity index (χ4v) is 5.47. The Bertz CT molecular complexity index is 566. The first kappa shape index (κ1) is 15.3. The van der Waals surface area contributed by atoms with Gasteiger partial charge in [0.2, 0.25) is 5.89 Å². The molecule has 3 rings (SSSR count). The summed E-state index contributed by atoms with van der Waals surface area (Å²) in [5, 5.41) is 8.59. The van der Waals surface area contributed by atoms with Crippen LogP contribution in [0.2, 0.25) is 0 Å². The lowest BCUT2D eigenvalue weighted by Crippen LogP contribution is -2.21. The molecule has 3 heterocycles. The highest BCUT2D eigenvalue weighted by Crippen LogP contribution is 2.25. The van der Waals surface area contributed by atoms with Crippen LogP contribution in [-0.4, -0.2) is 48.6 Å². The van der Waals surface area contributed by atoms with Crippen molar-refractivity contribution in [2.75, 3.05) is 23.9 Å². The summed E-state index contributed by atoms with van der Waals surface area (Å²) in [6, 6.07) is 0. The van der Waals surface area contributed by atoms with Gasteiger partial charge >= 0.3 is 0 Å². The average molecular weight is 332 g/mol. The van der Waals surface area contributed by atoms with Gasteiger partial charge in [-0.2, -0.15) is 0 Å². The zero-order valence-electron chi connectivity index (χ0n) is 11.9. The number of aromatic nitrogens is 2. The van der Waals surface area contributed by atoms with E-state index < -0.39 is 9.84 Å². The molecule has 21 heavy (non-hydrogen) atoms. The normalized spacial score (nSPS) is 28.8. The first-order valence-electron chi connectivity index (χ1n) is 7.38. The van der Waals surface area contributed by atoms with Crippen LogP contribution in [0.1, 0.15) is 31.6 Å². The Labute approximate surface area is 128 Å². The van der Waals surface area contributed by atoms with Crippen molar-refractivity contribution < 1.29 is 17.6 Å². The molecule has 1 aromatic heterocycles. The molecule has 2 saturated heterocycles. The van der Waals surface area contributed by atoms with Crippen LogP contribution in [0, 0.1) is 5.92 Å². The molecule has 0 saturated carbocycles. The summed E-state index contributed by atoms with van der Waals surface area (Å²) in [7, 11) is -2.85. The predicted molar refractivity (Wildman–Crippen MR) is 79.1 cm³/mol. The monoisotopic (exact) mass is 332 g/mol. The van der Waals surface area contributed by atoms with E-state index in [-0.39, 0.29) is 23.5 Å². The van der Waals surface area contributed by atoms with Crippen molar-refractivity contribution in [3.8, 4) is 0 Å².